The van der Waals surface area contributed by atoms with Crippen molar-refractivity contribution in [3.8, 4) is 11.6 Å². The van der Waals surface area contributed by atoms with E-state index >= 15 is 0 Å². The Morgan fingerprint density at radius 1 is 1.40 bits per heavy atom. The second-order valence-electron chi connectivity index (χ2n) is 3.95. The molecule has 0 amide bonds. The minimum atomic E-state index is -1.30. The van der Waals surface area contributed by atoms with Crippen molar-refractivity contribution in [1.82, 2.24) is 4.98 Å². The lowest BCUT2D eigenvalue weighted by molar-refractivity contribution is 0.0692. The Bertz CT molecular complexity index is 668. The Morgan fingerprint density at radius 3 is 2.85 bits per heavy atom. The molecule has 0 atom stereocenters. The van der Waals surface area contributed by atoms with Gasteiger partial charge in [0.15, 0.2) is 0 Å². The third-order valence-electron chi connectivity index (χ3n) is 2.52. The molecule has 4 nitrogen and oxygen atoms in total. The molecule has 0 saturated heterocycles. The molecule has 0 bridgehead atoms. The van der Waals surface area contributed by atoms with E-state index in [1.165, 1.54) is 0 Å². The number of ether oxygens (including phenoxy) is 1. The Labute approximate surface area is 115 Å². The maximum absolute atomic E-state index is 13.1. The fourth-order valence-electron chi connectivity index (χ4n) is 1.66. The first kappa shape index (κ1) is 13.7. The van der Waals surface area contributed by atoms with Crippen molar-refractivity contribution < 1.29 is 19.0 Å². The SMILES string of the molecule is C/C=C/c1ccccc1Oc1ncc(F)cc1C(=O)O. The number of benzene rings is 1. The summed E-state index contributed by atoms with van der Waals surface area (Å²) in [6.45, 7) is 1.86. The van der Waals surface area contributed by atoms with Crippen LogP contribution in [0.15, 0.2) is 42.6 Å². The zero-order chi connectivity index (χ0) is 14.5. The number of nitrogens with zero attached hydrogens (tertiary/aromatic N) is 1. The van der Waals surface area contributed by atoms with E-state index in [0.29, 0.717) is 5.75 Å². The second kappa shape index (κ2) is 5.97. The van der Waals surface area contributed by atoms with E-state index in [-0.39, 0.29) is 11.4 Å². The molecule has 0 radical (unpaired) electrons. The van der Waals surface area contributed by atoms with E-state index in [9.17, 15) is 9.18 Å². The molecular formula is C15H12FNO3. The van der Waals surface area contributed by atoms with Crippen LogP contribution in [0.4, 0.5) is 4.39 Å². The quantitative estimate of drug-likeness (QED) is 0.921. The third-order valence-corrected chi connectivity index (χ3v) is 2.52. The number of carboxylic acid groups (broad SMARTS) is 1. The summed E-state index contributed by atoms with van der Waals surface area (Å²) in [5.74, 6) is -1.71. The largest absolute Gasteiger partial charge is 0.477 e. The number of carboxylic acids is 1. The first-order valence-electron chi connectivity index (χ1n) is 5.90. The summed E-state index contributed by atoms with van der Waals surface area (Å²) in [6, 6.07) is 7.97. The smallest absolute Gasteiger partial charge is 0.341 e. The first-order chi connectivity index (χ1) is 9.61. The average molecular weight is 273 g/mol. The molecule has 0 aliphatic rings. The summed E-state index contributed by atoms with van der Waals surface area (Å²) in [4.78, 5) is 14.8. The van der Waals surface area contributed by atoms with Crippen molar-refractivity contribution in [3.05, 3.63) is 59.5 Å². The molecule has 1 aromatic carbocycles. The molecule has 2 aromatic rings. The zero-order valence-electron chi connectivity index (χ0n) is 10.7. The van der Waals surface area contributed by atoms with Gasteiger partial charge in [-0.1, -0.05) is 30.4 Å². The van der Waals surface area contributed by atoms with Crippen LogP contribution in [0, 0.1) is 5.82 Å². The number of aromatic carboxylic acids is 1. The molecule has 1 N–H and O–H groups in total. The number of halogens is 1. The Balaban J connectivity index is 2.42. The van der Waals surface area contributed by atoms with Gasteiger partial charge in [-0.15, -0.1) is 0 Å². The maximum atomic E-state index is 13.1. The van der Waals surface area contributed by atoms with E-state index in [0.717, 1.165) is 17.8 Å². The standard InChI is InChI=1S/C15H12FNO3/c1-2-5-10-6-3-4-7-13(10)20-14-12(15(18)19)8-11(16)9-17-14/h2-9H,1H3,(H,18,19)/b5-2+. The van der Waals surface area contributed by atoms with Gasteiger partial charge < -0.3 is 9.84 Å². The number of rotatable bonds is 4. The van der Waals surface area contributed by atoms with E-state index in [1.807, 2.05) is 31.2 Å². The number of aromatic nitrogens is 1. The molecular weight excluding hydrogens is 261 g/mol. The third kappa shape index (κ3) is 3.00. The van der Waals surface area contributed by atoms with Crippen molar-refractivity contribution in [2.45, 2.75) is 6.92 Å². The molecule has 20 heavy (non-hydrogen) atoms. The molecule has 0 aliphatic carbocycles. The number of allylic oxidation sites excluding steroid dienone is 1. The second-order valence-corrected chi connectivity index (χ2v) is 3.95. The highest BCUT2D eigenvalue weighted by Gasteiger charge is 2.15. The molecule has 0 spiro atoms. The minimum Gasteiger partial charge on any atom is -0.477 e. The van der Waals surface area contributed by atoms with Crippen LogP contribution in [0.1, 0.15) is 22.8 Å². The van der Waals surface area contributed by atoms with Gasteiger partial charge in [0.1, 0.15) is 17.1 Å². The van der Waals surface area contributed by atoms with Crippen LogP contribution in [0.5, 0.6) is 11.6 Å². The van der Waals surface area contributed by atoms with Crippen molar-refractivity contribution in [3.63, 3.8) is 0 Å². The summed E-state index contributed by atoms with van der Waals surface area (Å²) >= 11 is 0. The van der Waals surface area contributed by atoms with Crippen LogP contribution in [0.2, 0.25) is 0 Å². The van der Waals surface area contributed by atoms with Crippen molar-refractivity contribution in [1.29, 1.82) is 0 Å². The van der Waals surface area contributed by atoms with Gasteiger partial charge in [-0.3, -0.25) is 0 Å². The van der Waals surface area contributed by atoms with Gasteiger partial charge in [0.2, 0.25) is 5.88 Å². The lowest BCUT2D eigenvalue weighted by atomic mass is 10.2. The molecule has 1 aromatic heterocycles. The van der Waals surface area contributed by atoms with Crippen molar-refractivity contribution in [2.24, 2.45) is 0 Å². The van der Waals surface area contributed by atoms with Crippen LogP contribution in [0.3, 0.4) is 0 Å². The molecule has 0 fully saturated rings. The number of hydrogen-bond acceptors (Lipinski definition) is 3. The Kier molecular flexibility index (Phi) is 4.10. The minimum absolute atomic E-state index is 0.143. The highest BCUT2D eigenvalue weighted by Crippen LogP contribution is 2.27. The van der Waals surface area contributed by atoms with Gasteiger partial charge in [-0.05, 0) is 19.1 Å². The predicted molar refractivity (Wildman–Crippen MR) is 72.4 cm³/mol. The van der Waals surface area contributed by atoms with Gasteiger partial charge >= 0.3 is 5.97 Å². The fourth-order valence-corrected chi connectivity index (χ4v) is 1.66. The number of para-hydroxylation sites is 1. The monoisotopic (exact) mass is 273 g/mol. The van der Waals surface area contributed by atoms with Crippen LogP contribution >= 0.6 is 0 Å². The van der Waals surface area contributed by atoms with Crippen molar-refractivity contribution in [2.75, 3.05) is 0 Å². The van der Waals surface area contributed by atoms with Gasteiger partial charge in [-0.25, -0.2) is 14.2 Å². The van der Waals surface area contributed by atoms with Gasteiger partial charge in [-0.2, -0.15) is 0 Å². The zero-order valence-corrected chi connectivity index (χ0v) is 10.7. The van der Waals surface area contributed by atoms with Gasteiger partial charge in [0, 0.05) is 5.56 Å². The highest BCUT2D eigenvalue weighted by molar-refractivity contribution is 5.90. The normalized spacial score (nSPS) is 10.7. The van der Waals surface area contributed by atoms with Crippen LogP contribution < -0.4 is 4.74 Å². The van der Waals surface area contributed by atoms with Gasteiger partial charge in [0.05, 0.1) is 6.20 Å². The topological polar surface area (TPSA) is 59.4 Å². The summed E-state index contributed by atoms with van der Waals surface area (Å²) in [5, 5.41) is 9.04. The lowest BCUT2D eigenvalue weighted by Crippen LogP contribution is -2.03. The number of carbonyl (C=O) groups is 1. The average Bonchev–Trinajstić information content (AvgIpc) is 2.43. The number of hydrogen-bond donors (Lipinski definition) is 1. The summed E-state index contributed by atoms with van der Waals surface area (Å²) in [7, 11) is 0. The van der Waals surface area contributed by atoms with E-state index in [2.05, 4.69) is 4.98 Å². The summed E-state index contributed by atoms with van der Waals surface area (Å²) in [6.07, 6.45) is 4.57. The fraction of sp³-hybridized carbons (Fsp3) is 0.0667. The van der Waals surface area contributed by atoms with Crippen molar-refractivity contribution >= 4 is 12.0 Å². The van der Waals surface area contributed by atoms with E-state index in [4.69, 9.17) is 9.84 Å². The van der Waals surface area contributed by atoms with Crippen LogP contribution in [-0.2, 0) is 0 Å². The lowest BCUT2D eigenvalue weighted by Gasteiger charge is -2.09. The van der Waals surface area contributed by atoms with Gasteiger partial charge in [0.25, 0.3) is 0 Å². The highest BCUT2D eigenvalue weighted by atomic mass is 19.1. The van der Waals surface area contributed by atoms with Crippen LogP contribution in [0.25, 0.3) is 6.08 Å². The summed E-state index contributed by atoms with van der Waals surface area (Å²) in [5.41, 5.74) is 0.456. The molecule has 102 valence electrons. The van der Waals surface area contributed by atoms with E-state index in [1.54, 1.807) is 12.1 Å². The maximum Gasteiger partial charge on any atom is 0.341 e. The molecule has 0 aliphatic heterocycles. The molecule has 2 rings (SSSR count). The molecule has 1 heterocycles. The van der Waals surface area contributed by atoms with E-state index < -0.39 is 11.8 Å². The van der Waals surface area contributed by atoms with Crippen LogP contribution in [-0.4, -0.2) is 16.1 Å². The predicted octanol–water partition coefficient (Wildman–Crippen LogP) is 3.74. The Hall–Kier alpha value is -2.69. The summed E-state index contributed by atoms with van der Waals surface area (Å²) < 4.78 is 18.6. The molecule has 0 saturated carbocycles. The first-order valence-corrected chi connectivity index (χ1v) is 5.90. The molecule has 5 heteroatoms. The number of pyridine rings is 1. The molecule has 0 unspecified atom stereocenters. The Morgan fingerprint density at radius 2 is 2.15 bits per heavy atom.